The van der Waals surface area contributed by atoms with Gasteiger partial charge in [0, 0.05) is 13.0 Å². The minimum atomic E-state index is 0.290. The molecule has 0 N–H and O–H groups in total. The van der Waals surface area contributed by atoms with Crippen molar-refractivity contribution in [3.05, 3.63) is 72.9 Å². The highest BCUT2D eigenvalue weighted by Gasteiger charge is 2.13. The molecule has 1 atom stereocenters. The Bertz CT molecular complexity index is 362. The lowest BCUT2D eigenvalue weighted by Crippen LogP contribution is -2.08. The Morgan fingerprint density at radius 3 is 2.17 bits per heavy atom. The van der Waals surface area contributed by atoms with Gasteiger partial charge in [-0.15, -0.1) is 6.58 Å². The minimum Gasteiger partial charge on any atom is -0.384 e. The van der Waals surface area contributed by atoms with E-state index in [1.165, 1.54) is 11.1 Å². The van der Waals surface area contributed by atoms with Crippen molar-refractivity contribution in [1.82, 2.24) is 0 Å². The van der Waals surface area contributed by atoms with E-state index in [1.54, 1.807) is 13.2 Å². The second-order valence-electron chi connectivity index (χ2n) is 3.82. The van der Waals surface area contributed by atoms with Gasteiger partial charge in [0.15, 0.2) is 0 Å². The monoisotopic (exact) mass is 244 g/mol. The zero-order chi connectivity index (χ0) is 13.8. The molecule has 1 rings (SSSR count). The predicted octanol–water partition coefficient (Wildman–Crippen LogP) is 4.74. The molecular weight excluding hydrogens is 220 g/mol. The Kier molecular flexibility index (Phi) is 9.61. The van der Waals surface area contributed by atoms with Crippen LogP contribution in [0.4, 0.5) is 0 Å². The molecule has 0 aromatic heterocycles. The fraction of sp³-hybridized carbons (Fsp3) is 0.294. The fourth-order valence-corrected chi connectivity index (χ4v) is 1.70. The van der Waals surface area contributed by atoms with Crippen molar-refractivity contribution in [1.29, 1.82) is 0 Å². The first-order valence-corrected chi connectivity index (χ1v) is 6.14. The Morgan fingerprint density at radius 1 is 1.22 bits per heavy atom. The van der Waals surface area contributed by atoms with Crippen molar-refractivity contribution in [3.8, 4) is 0 Å². The molecule has 1 aromatic carbocycles. The van der Waals surface area contributed by atoms with Gasteiger partial charge in [-0.1, -0.05) is 55.1 Å². The first-order valence-electron chi connectivity index (χ1n) is 6.14. The van der Waals surface area contributed by atoms with Gasteiger partial charge >= 0.3 is 0 Å². The number of hydrogen-bond acceptors (Lipinski definition) is 1. The summed E-state index contributed by atoms with van der Waals surface area (Å²) in [4.78, 5) is 0. The molecule has 0 heterocycles. The summed E-state index contributed by atoms with van der Waals surface area (Å²) in [6, 6.07) is 10.4. The van der Waals surface area contributed by atoms with Crippen LogP contribution in [-0.2, 0) is 4.74 Å². The maximum Gasteiger partial charge on any atom is 0.0571 e. The molecule has 0 fully saturated rings. The third kappa shape index (κ3) is 5.65. The lowest BCUT2D eigenvalue weighted by Gasteiger charge is -2.17. The molecule has 18 heavy (non-hydrogen) atoms. The molecule has 1 nitrogen and oxygen atoms in total. The lowest BCUT2D eigenvalue weighted by atomic mass is 9.91. The van der Waals surface area contributed by atoms with E-state index in [4.69, 9.17) is 4.74 Å². The molecule has 1 heteroatoms. The maximum atomic E-state index is 5.25. The summed E-state index contributed by atoms with van der Waals surface area (Å²) < 4.78 is 5.25. The predicted molar refractivity (Wildman–Crippen MR) is 80.9 cm³/mol. The first-order chi connectivity index (χ1) is 8.74. The van der Waals surface area contributed by atoms with Gasteiger partial charge in [0.05, 0.1) is 6.61 Å². The van der Waals surface area contributed by atoms with Crippen LogP contribution in [0.1, 0.15) is 25.3 Å². The molecular formula is C17H24O. The van der Waals surface area contributed by atoms with Gasteiger partial charge in [0.1, 0.15) is 0 Å². The van der Waals surface area contributed by atoms with E-state index in [0.717, 1.165) is 0 Å². The van der Waals surface area contributed by atoms with Gasteiger partial charge in [-0.3, -0.25) is 0 Å². The van der Waals surface area contributed by atoms with Gasteiger partial charge in [-0.25, -0.2) is 0 Å². The van der Waals surface area contributed by atoms with Crippen LogP contribution in [0.3, 0.4) is 0 Å². The Labute approximate surface area is 111 Å². The van der Waals surface area contributed by atoms with E-state index in [-0.39, 0.29) is 0 Å². The standard InChI is InChI=1S/C14H18O.C3H6/c1-4-12(5-2)14(11-15-3)13-9-7-6-8-10-13;1-3-2/h4-10,14H,1,11H2,2-3H3;3H,1H2,2H3/b12-5+;. The quantitative estimate of drug-likeness (QED) is 0.537. The van der Waals surface area contributed by atoms with Gasteiger partial charge in [-0.05, 0) is 25.0 Å². The van der Waals surface area contributed by atoms with Crippen molar-refractivity contribution < 1.29 is 4.74 Å². The van der Waals surface area contributed by atoms with Crippen molar-refractivity contribution in [3.63, 3.8) is 0 Å². The third-order valence-corrected chi connectivity index (χ3v) is 2.51. The van der Waals surface area contributed by atoms with E-state index < -0.39 is 0 Å². The molecule has 0 bridgehead atoms. The molecule has 0 aliphatic carbocycles. The summed E-state index contributed by atoms with van der Waals surface area (Å²) in [7, 11) is 1.73. The van der Waals surface area contributed by atoms with Gasteiger partial charge in [0.25, 0.3) is 0 Å². The molecule has 0 aliphatic heterocycles. The molecule has 0 saturated heterocycles. The van der Waals surface area contributed by atoms with Crippen LogP contribution >= 0.6 is 0 Å². The molecule has 98 valence electrons. The zero-order valence-electron chi connectivity index (χ0n) is 11.7. The van der Waals surface area contributed by atoms with Crippen molar-refractivity contribution in [2.24, 2.45) is 0 Å². The Morgan fingerprint density at radius 2 is 1.78 bits per heavy atom. The van der Waals surface area contributed by atoms with Crippen LogP contribution < -0.4 is 0 Å². The SMILES string of the molecule is C=C/C(=C\C)C(COC)c1ccccc1.C=CC. The van der Waals surface area contributed by atoms with Gasteiger partial charge < -0.3 is 4.74 Å². The summed E-state index contributed by atoms with van der Waals surface area (Å²) in [5, 5.41) is 0. The Hall–Kier alpha value is -1.60. The van der Waals surface area contributed by atoms with Gasteiger partial charge in [-0.2, -0.15) is 0 Å². The summed E-state index contributed by atoms with van der Waals surface area (Å²) in [6.45, 7) is 11.8. The average Bonchev–Trinajstić information content (AvgIpc) is 2.41. The zero-order valence-corrected chi connectivity index (χ0v) is 11.7. The normalized spacial score (nSPS) is 12.1. The summed E-state index contributed by atoms with van der Waals surface area (Å²) in [5.74, 6) is 0.290. The molecule has 1 aromatic rings. The van der Waals surface area contributed by atoms with E-state index in [1.807, 2.05) is 38.1 Å². The van der Waals surface area contributed by atoms with E-state index >= 15 is 0 Å². The summed E-state index contributed by atoms with van der Waals surface area (Å²) >= 11 is 0. The van der Waals surface area contributed by atoms with E-state index in [9.17, 15) is 0 Å². The van der Waals surface area contributed by atoms with Crippen LogP contribution in [0.25, 0.3) is 0 Å². The van der Waals surface area contributed by atoms with Crippen LogP contribution in [-0.4, -0.2) is 13.7 Å². The van der Waals surface area contributed by atoms with Crippen LogP contribution in [0.2, 0.25) is 0 Å². The topological polar surface area (TPSA) is 9.23 Å². The number of hydrogen-bond donors (Lipinski definition) is 0. The molecule has 0 aliphatic rings. The second kappa shape index (κ2) is 10.5. The highest BCUT2D eigenvalue weighted by Crippen LogP contribution is 2.25. The second-order valence-corrected chi connectivity index (χ2v) is 3.82. The Balaban J connectivity index is 0.000000873. The highest BCUT2D eigenvalue weighted by molar-refractivity contribution is 5.34. The number of benzene rings is 1. The van der Waals surface area contributed by atoms with Gasteiger partial charge in [0.2, 0.25) is 0 Å². The fourth-order valence-electron chi connectivity index (χ4n) is 1.70. The van der Waals surface area contributed by atoms with Crippen molar-refractivity contribution >= 4 is 0 Å². The summed E-state index contributed by atoms with van der Waals surface area (Å²) in [6.07, 6.45) is 5.74. The van der Waals surface area contributed by atoms with Crippen molar-refractivity contribution in [2.45, 2.75) is 19.8 Å². The highest BCUT2D eigenvalue weighted by atomic mass is 16.5. The molecule has 0 amide bonds. The smallest absolute Gasteiger partial charge is 0.0571 e. The number of allylic oxidation sites excluding steroid dienone is 3. The first kappa shape index (κ1) is 16.4. The molecule has 1 unspecified atom stereocenters. The maximum absolute atomic E-state index is 5.25. The van der Waals surface area contributed by atoms with Crippen LogP contribution in [0.15, 0.2) is 67.3 Å². The minimum absolute atomic E-state index is 0.290. The van der Waals surface area contributed by atoms with Crippen molar-refractivity contribution in [2.75, 3.05) is 13.7 Å². The number of rotatable bonds is 5. The third-order valence-electron chi connectivity index (χ3n) is 2.51. The van der Waals surface area contributed by atoms with E-state index in [0.29, 0.717) is 12.5 Å². The summed E-state index contributed by atoms with van der Waals surface area (Å²) in [5.41, 5.74) is 2.48. The molecule has 0 spiro atoms. The number of methoxy groups -OCH3 is 1. The average molecular weight is 244 g/mol. The largest absolute Gasteiger partial charge is 0.384 e. The molecule has 0 radical (unpaired) electrons. The molecule has 0 saturated carbocycles. The number of ether oxygens (including phenoxy) is 1. The lowest BCUT2D eigenvalue weighted by molar-refractivity contribution is 0.189. The van der Waals surface area contributed by atoms with Crippen LogP contribution in [0, 0.1) is 0 Å². The van der Waals surface area contributed by atoms with Crippen LogP contribution in [0.5, 0.6) is 0 Å². The van der Waals surface area contributed by atoms with E-state index in [2.05, 4.69) is 31.4 Å².